The van der Waals surface area contributed by atoms with Crippen LogP contribution >= 0.6 is 11.8 Å². The van der Waals surface area contributed by atoms with Gasteiger partial charge in [0.1, 0.15) is 11.4 Å². The van der Waals surface area contributed by atoms with Crippen molar-refractivity contribution in [3.63, 3.8) is 0 Å². The maximum Gasteiger partial charge on any atom is 0.233 e. The summed E-state index contributed by atoms with van der Waals surface area (Å²) in [5, 5.41) is 12.5. The second-order valence-electron chi connectivity index (χ2n) is 6.27. The molecule has 1 atom stereocenters. The minimum atomic E-state index is 0.142. The van der Waals surface area contributed by atoms with E-state index in [2.05, 4.69) is 22.4 Å². The van der Waals surface area contributed by atoms with E-state index in [4.69, 9.17) is 4.74 Å². The Morgan fingerprint density at radius 1 is 1.40 bits per heavy atom. The van der Waals surface area contributed by atoms with Crippen LogP contribution in [0.3, 0.4) is 0 Å². The Kier molecular flexibility index (Phi) is 5.57. The first-order chi connectivity index (χ1) is 12.1. The van der Waals surface area contributed by atoms with E-state index >= 15 is 0 Å². The standard InChI is InChI=1S/C17H23N5O2S/c1-12-7-8-15(24-3)14(10-12)22-17(18-19-20-22)25-11-16(23)21-9-5-4-6-13(21)2/h7-8,10,13H,4-6,9,11H2,1-3H3/t13-/m0/s1. The Hall–Kier alpha value is -2.09. The van der Waals surface area contributed by atoms with Crippen molar-refractivity contribution in [2.24, 2.45) is 0 Å². The van der Waals surface area contributed by atoms with E-state index in [9.17, 15) is 4.79 Å². The number of aromatic nitrogens is 4. The molecule has 7 nitrogen and oxygen atoms in total. The highest BCUT2D eigenvalue weighted by atomic mass is 32.2. The smallest absolute Gasteiger partial charge is 0.233 e. The molecule has 1 aromatic carbocycles. The number of tetrazole rings is 1. The van der Waals surface area contributed by atoms with E-state index in [1.165, 1.54) is 18.2 Å². The summed E-state index contributed by atoms with van der Waals surface area (Å²) in [6, 6.07) is 6.14. The zero-order valence-electron chi connectivity index (χ0n) is 14.8. The SMILES string of the molecule is COc1ccc(C)cc1-n1nnnc1SCC(=O)N1CCCC[C@@H]1C. The zero-order valence-corrected chi connectivity index (χ0v) is 15.6. The number of likely N-dealkylation sites (tertiary alicyclic amines) is 1. The molecular weight excluding hydrogens is 338 g/mol. The third-order valence-corrected chi connectivity index (χ3v) is 5.36. The minimum Gasteiger partial charge on any atom is -0.494 e. The lowest BCUT2D eigenvalue weighted by Gasteiger charge is -2.33. The largest absolute Gasteiger partial charge is 0.494 e. The molecule has 0 saturated carbocycles. The van der Waals surface area contributed by atoms with E-state index in [1.807, 2.05) is 30.0 Å². The first-order valence-corrected chi connectivity index (χ1v) is 9.44. The number of amides is 1. The quantitative estimate of drug-likeness (QED) is 0.762. The molecule has 2 aromatic rings. The minimum absolute atomic E-state index is 0.142. The molecule has 1 saturated heterocycles. The van der Waals surface area contributed by atoms with Gasteiger partial charge in [0.15, 0.2) is 0 Å². The van der Waals surface area contributed by atoms with E-state index in [-0.39, 0.29) is 5.91 Å². The molecule has 2 heterocycles. The van der Waals surface area contributed by atoms with Gasteiger partial charge < -0.3 is 9.64 Å². The Bertz CT molecular complexity index is 748. The number of benzene rings is 1. The molecule has 134 valence electrons. The maximum absolute atomic E-state index is 12.5. The van der Waals surface area contributed by atoms with Crippen LogP contribution in [-0.4, -0.2) is 56.5 Å². The summed E-state index contributed by atoms with van der Waals surface area (Å²) in [4.78, 5) is 14.5. The van der Waals surface area contributed by atoms with Crippen LogP contribution in [0.25, 0.3) is 5.69 Å². The molecule has 0 unspecified atom stereocenters. The summed E-state index contributed by atoms with van der Waals surface area (Å²) < 4.78 is 7.04. The molecule has 8 heteroatoms. The Labute approximate surface area is 151 Å². The number of ether oxygens (including phenoxy) is 1. The number of piperidine rings is 1. The maximum atomic E-state index is 12.5. The molecule has 1 aliphatic heterocycles. The number of carbonyl (C=O) groups is 1. The van der Waals surface area contributed by atoms with Crippen molar-refractivity contribution in [1.82, 2.24) is 25.1 Å². The number of hydrogen-bond donors (Lipinski definition) is 0. The average Bonchev–Trinajstić information content (AvgIpc) is 3.08. The Morgan fingerprint density at radius 3 is 3.00 bits per heavy atom. The average molecular weight is 361 g/mol. The van der Waals surface area contributed by atoms with Crippen molar-refractivity contribution in [2.45, 2.75) is 44.3 Å². The van der Waals surface area contributed by atoms with Gasteiger partial charge in [-0.3, -0.25) is 4.79 Å². The normalized spacial score (nSPS) is 17.6. The van der Waals surface area contributed by atoms with Crippen molar-refractivity contribution in [3.05, 3.63) is 23.8 Å². The zero-order chi connectivity index (χ0) is 17.8. The van der Waals surface area contributed by atoms with Crippen LogP contribution in [0, 0.1) is 6.92 Å². The van der Waals surface area contributed by atoms with Crippen LogP contribution in [0.5, 0.6) is 5.75 Å². The van der Waals surface area contributed by atoms with E-state index < -0.39 is 0 Å². The van der Waals surface area contributed by atoms with Crippen molar-refractivity contribution in [3.8, 4) is 11.4 Å². The third-order valence-electron chi connectivity index (χ3n) is 4.45. The van der Waals surface area contributed by atoms with Gasteiger partial charge in [-0.15, -0.1) is 5.10 Å². The van der Waals surface area contributed by atoms with Gasteiger partial charge in [0.25, 0.3) is 0 Å². The summed E-state index contributed by atoms with van der Waals surface area (Å²) in [6.07, 6.45) is 3.36. The highest BCUT2D eigenvalue weighted by molar-refractivity contribution is 7.99. The van der Waals surface area contributed by atoms with E-state index in [1.54, 1.807) is 11.8 Å². The molecule has 0 spiro atoms. The first kappa shape index (κ1) is 17.7. The fourth-order valence-electron chi connectivity index (χ4n) is 3.06. The summed E-state index contributed by atoms with van der Waals surface area (Å²) in [6.45, 7) is 4.96. The van der Waals surface area contributed by atoms with Gasteiger partial charge in [-0.2, -0.15) is 4.68 Å². The Morgan fingerprint density at radius 2 is 2.24 bits per heavy atom. The number of hydrogen-bond acceptors (Lipinski definition) is 6. The van der Waals surface area contributed by atoms with Crippen LogP contribution in [-0.2, 0) is 4.79 Å². The van der Waals surface area contributed by atoms with Gasteiger partial charge in [-0.1, -0.05) is 17.8 Å². The van der Waals surface area contributed by atoms with Gasteiger partial charge in [0.05, 0.1) is 12.9 Å². The van der Waals surface area contributed by atoms with Crippen LogP contribution in [0.15, 0.2) is 23.4 Å². The molecule has 1 fully saturated rings. The van der Waals surface area contributed by atoms with Crippen molar-refractivity contribution < 1.29 is 9.53 Å². The molecular formula is C17H23N5O2S. The monoisotopic (exact) mass is 361 g/mol. The molecule has 0 aliphatic carbocycles. The molecule has 1 aliphatic rings. The van der Waals surface area contributed by atoms with Crippen LogP contribution in [0.4, 0.5) is 0 Å². The Balaban J connectivity index is 1.74. The summed E-state index contributed by atoms with van der Waals surface area (Å²) in [7, 11) is 1.62. The van der Waals surface area contributed by atoms with Gasteiger partial charge in [-0.25, -0.2) is 0 Å². The number of thioether (sulfide) groups is 1. The fraction of sp³-hybridized carbons (Fsp3) is 0.529. The van der Waals surface area contributed by atoms with Gasteiger partial charge in [0, 0.05) is 12.6 Å². The number of nitrogens with zero attached hydrogens (tertiary/aromatic N) is 5. The lowest BCUT2D eigenvalue weighted by atomic mass is 10.0. The number of carbonyl (C=O) groups excluding carboxylic acids is 1. The summed E-state index contributed by atoms with van der Waals surface area (Å²) >= 11 is 1.36. The fourth-order valence-corrected chi connectivity index (χ4v) is 3.83. The second kappa shape index (κ2) is 7.86. The molecule has 3 rings (SSSR count). The van der Waals surface area contributed by atoms with Crippen LogP contribution in [0.1, 0.15) is 31.7 Å². The molecule has 1 aromatic heterocycles. The van der Waals surface area contributed by atoms with Gasteiger partial charge in [-0.05, 0) is 61.2 Å². The highest BCUT2D eigenvalue weighted by Gasteiger charge is 2.24. The van der Waals surface area contributed by atoms with E-state index in [0.29, 0.717) is 22.7 Å². The lowest BCUT2D eigenvalue weighted by Crippen LogP contribution is -2.42. The van der Waals surface area contributed by atoms with Crippen LogP contribution < -0.4 is 4.74 Å². The molecule has 0 bridgehead atoms. The number of methoxy groups -OCH3 is 1. The van der Waals surface area contributed by atoms with Crippen molar-refractivity contribution in [2.75, 3.05) is 19.4 Å². The molecule has 1 amide bonds. The van der Waals surface area contributed by atoms with Gasteiger partial charge in [0.2, 0.25) is 11.1 Å². The van der Waals surface area contributed by atoms with E-state index in [0.717, 1.165) is 30.6 Å². The topological polar surface area (TPSA) is 73.1 Å². The number of aryl methyl sites for hydroxylation is 1. The predicted octanol–water partition coefficient (Wildman–Crippen LogP) is 2.47. The van der Waals surface area contributed by atoms with Gasteiger partial charge >= 0.3 is 0 Å². The predicted molar refractivity (Wildman–Crippen MR) is 96.2 cm³/mol. The third kappa shape index (κ3) is 3.95. The van der Waals surface area contributed by atoms with Crippen LogP contribution in [0.2, 0.25) is 0 Å². The molecule has 0 N–H and O–H groups in total. The number of rotatable bonds is 5. The summed E-state index contributed by atoms with van der Waals surface area (Å²) in [5.41, 5.74) is 1.86. The second-order valence-corrected chi connectivity index (χ2v) is 7.21. The first-order valence-electron chi connectivity index (χ1n) is 8.46. The van der Waals surface area contributed by atoms with Crippen molar-refractivity contribution in [1.29, 1.82) is 0 Å². The molecule has 0 radical (unpaired) electrons. The van der Waals surface area contributed by atoms with Crippen molar-refractivity contribution >= 4 is 17.7 Å². The highest BCUT2D eigenvalue weighted by Crippen LogP contribution is 2.27. The molecule has 25 heavy (non-hydrogen) atoms. The lowest BCUT2D eigenvalue weighted by molar-refractivity contribution is -0.131. The summed E-state index contributed by atoms with van der Waals surface area (Å²) in [5.74, 6) is 1.16.